The van der Waals surface area contributed by atoms with Crippen molar-refractivity contribution in [1.82, 2.24) is 5.32 Å². The fourth-order valence-electron chi connectivity index (χ4n) is 1.96. The smallest absolute Gasteiger partial charge is 0.325 e. The van der Waals surface area contributed by atoms with Crippen molar-refractivity contribution in [2.24, 2.45) is 5.92 Å². The predicted molar refractivity (Wildman–Crippen MR) is 84.7 cm³/mol. The molecule has 0 saturated heterocycles. The van der Waals surface area contributed by atoms with Crippen LogP contribution < -0.4 is 5.32 Å². The minimum Gasteiger partial charge on any atom is -0.468 e. The van der Waals surface area contributed by atoms with E-state index in [0.717, 1.165) is 25.3 Å². The minimum atomic E-state index is -0.523. The first-order valence-electron chi connectivity index (χ1n) is 7.41. The van der Waals surface area contributed by atoms with Crippen LogP contribution in [0.3, 0.4) is 0 Å². The average molecular weight is 289 g/mol. The molecule has 4 heteroatoms. The SMILES string of the molecule is CCNC(C)(CCCCSCC(C)CC)C(=O)OC. The number of methoxy groups -OCH3 is 1. The van der Waals surface area contributed by atoms with Crippen molar-refractivity contribution in [3.8, 4) is 0 Å². The first kappa shape index (κ1) is 18.8. The minimum absolute atomic E-state index is 0.151. The molecule has 1 N–H and O–H groups in total. The maximum atomic E-state index is 11.8. The molecule has 0 aliphatic rings. The van der Waals surface area contributed by atoms with Crippen LogP contribution in [0.4, 0.5) is 0 Å². The standard InChI is InChI=1S/C15H31NO2S/c1-6-13(3)12-19-11-9-8-10-15(4,16-7-2)14(17)18-5/h13,16H,6-12H2,1-5H3. The van der Waals surface area contributed by atoms with E-state index in [4.69, 9.17) is 4.74 Å². The van der Waals surface area contributed by atoms with Crippen molar-refractivity contribution >= 4 is 17.7 Å². The number of thioether (sulfide) groups is 1. The molecule has 2 atom stereocenters. The van der Waals surface area contributed by atoms with Gasteiger partial charge in [-0.1, -0.05) is 33.6 Å². The summed E-state index contributed by atoms with van der Waals surface area (Å²) in [7, 11) is 1.46. The van der Waals surface area contributed by atoms with Gasteiger partial charge in [0.2, 0.25) is 0 Å². The third-order valence-electron chi connectivity index (χ3n) is 3.52. The summed E-state index contributed by atoms with van der Waals surface area (Å²) in [5.74, 6) is 3.10. The Bertz CT molecular complexity index is 248. The highest BCUT2D eigenvalue weighted by Crippen LogP contribution is 2.18. The van der Waals surface area contributed by atoms with E-state index in [1.54, 1.807) is 0 Å². The molecule has 0 rings (SSSR count). The van der Waals surface area contributed by atoms with E-state index in [-0.39, 0.29) is 5.97 Å². The molecule has 114 valence electrons. The van der Waals surface area contributed by atoms with Crippen molar-refractivity contribution in [3.05, 3.63) is 0 Å². The number of carbonyl (C=O) groups excluding carboxylic acids is 1. The number of hydrogen-bond donors (Lipinski definition) is 1. The number of carbonyl (C=O) groups is 1. The summed E-state index contributed by atoms with van der Waals surface area (Å²) in [6.07, 6.45) is 4.33. The van der Waals surface area contributed by atoms with Gasteiger partial charge in [-0.05, 0) is 43.7 Å². The molecule has 3 nitrogen and oxygen atoms in total. The highest BCUT2D eigenvalue weighted by atomic mass is 32.2. The molecule has 0 aromatic carbocycles. The van der Waals surface area contributed by atoms with E-state index in [1.165, 1.54) is 31.5 Å². The lowest BCUT2D eigenvalue weighted by atomic mass is 9.95. The van der Waals surface area contributed by atoms with Gasteiger partial charge in [-0.3, -0.25) is 4.79 Å². The number of hydrogen-bond acceptors (Lipinski definition) is 4. The molecular formula is C15H31NO2S. The Labute approximate surface area is 123 Å². The largest absolute Gasteiger partial charge is 0.468 e. The average Bonchev–Trinajstić information content (AvgIpc) is 2.41. The summed E-state index contributed by atoms with van der Waals surface area (Å²) in [5.41, 5.74) is -0.523. The van der Waals surface area contributed by atoms with Crippen LogP contribution >= 0.6 is 11.8 Å². The van der Waals surface area contributed by atoms with Gasteiger partial charge in [-0.25, -0.2) is 0 Å². The maximum Gasteiger partial charge on any atom is 0.325 e. The fraction of sp³-hybridized carbons (Fsp3) is 0.933. The van der Waals surface area contributed by atoms with Crippen molar-refractivity contribution in [2.75, 3.05) is 25.2 Å². The zero-order chi connectivity index (χ0) is 14.7. The van der Waals surface area contributed by atoms with Crippen molar-refractivity contribution in [3.63, 3.8) is 0 Å². The van der Waals surface area contributed by atoms with Gasteiger partial charge in [-0.2, -0.15) is 11.8 Å². The summed E-state index contributed by atoms with van der Waals surface area (Å²) >= 11 is 2.03. The number of likely N-dealkylation sites (N-methyl/N-ethyl adjacent to an activating group) is 1. The first-order valence-corrected chi connectivity index (χ1v) is 8.56. The van der Waals surface area contributed by atoms with E-state index < -0.39 is 5.54 Å². The summed E-state index contributed by atoms with van der Waals surface area (Å²) in [6, 6.07) is 0. The zero-order valence-electron chi connectivity index (χ0n) is 13.3. The number of unbranched alkanes of at least 4 members (excludes halogenated alkanes) is 1. The Morgan fingerprint density at radius 2 is 2.05 bits per heavy atom. The lowest BCUT2D eigenvalue weighted by molar-refractivity contribution is -0.148. The molecule has 0 amide bonds. The second-order valence-corrected chi connectivity index (χ2v) is 6.55. The monoisotopic (exact) mass is 289 g/mol. The summed E-state index contributed by atoms with van der Waals surface area (Å²) < 4.78 is 4.89. The zero-order valence-corrected chi connectivity index (χ0v) is 14.1. The van der Waals surface area contributed by atoms with Gasteiger partial charge in [0.05, 0.1) is 7.11 Å². The molecule has 0 aromatic rings. The van der Waals surface area contributed by atoms with Gasteiger partial charge in [0.15, 0.2) is 0 Å². The number of esters is 1. The molecule has 0 aromatic heterocycles. The molecule has 0 aliphatic heterocycles. The van der Waals surface area contributed by atoms with E-state index in [1.807, 2.05) is 25.6 Å². The Morgan fingerprint density at radius 1 is 1.37 bits per heavy atom. The van der Waals surface area contributed by atoms with E-state index >= 15 is 0 Å². The van der Waals surface area contributed by atoms with Gasteiger partial charge in [0, 0.05) is 0 Å². The van der Waals surface area contributed by atoms with Crippen LogP contribution in [0.5, 0.6) is 0 Å². The quantitative estimate of drug-likeness (QED) is 0.467. The molecule has 19 heavy (non-hydrogen) atoms. The highest BCUT2D eigenvalue weighted by Gasteiger charge is 2.32. The number of rotatable bonds is 11. The van der Waals surface area contributed by atoms with E-state index in [9.17, 15) is 4.79 Å². The fourth-order valence-corrected chi connectivity index (χ4v) is 3.18. The van der Waals surface area contributed by atoms with Crippen LogP contribution in [0.1, 0.15) is 53.4 Å². The van der Waals surface area contributed by atoms with Crippen LogP contribution in [0.25, 0.3) is 0 Å². The number of nitrogens with one attached hydrogen (secondary N) is 1. The topological polar surface area (TPSA) is 38.3 Å². The Morgan fingerprint density at radius 3 is 2.58 bits per heavy atom. The molecule has 0 spiro atoms. The van der Waals surface area contributed by atoms with Gasteiger partial charge >= 0.3 is 5.97 Å². The highest BCUT2D eigenvalue weighted by molar-refractivity contribution is 7.99. The van der Waals surface area contributed by atoms with Crippen LogP contribution in [0, 0.1) is 5.92 Å². The second-order valence-electron chi connectivity index (χ2n) is 5.40. The van der Waals surface area contributed by atoms with Crippen molar-refractivity contribution < 1.29 is 9.53 Å². The molecule has 2 unspecified atom stereocenters. The third-order valence-corrected chi connectivity index (χ3v) is 4.90. The van der Waals surface area contributed by atoms with Gasteiger partial charge in [-0.15, -0.1) is 0 Å². The van der Waals surface area contributed by atoms with Crippen LogP contribution in [-0.2, 0) is 9.53 Å². The molecular weight excluding hydrogens is 258 g/mol. The first-order chi connectivity index (χ1) is 9.00. The lowest BCUT2D eigenvalue weighted by Crippen LogP contribution is -2.50. The Kier molecular flexibility index (Phi) is 10.4. The van der Waals surface area contributed by atoms with Crippen LogP contribution in [0.2, 0.25) is 0 Å². The third kappa shape index (κ3) is 7.83. The molecule has 0 radical (unpaired) electrons. The second kappa shape index (κ2) is 10.6. The van der Waals surface area contributed by atoms with Crippen LogP contribution in [-0.4, -0.2) is 36.7 Å². The molecule has 0 fully saturated rings. The predicted octanol–water partition coefficient (Wildman–Crippen LogP) is 3.48. The maximum absolute atomic E-state index is 11.8. The van der Waals surface area contributed by atoms with Gasteiger partial charge in [0.1, 0.15) is 5.54 Å². The summed E-state index contributed by atoms with van der Waals surface area (Å²) in [5, 5.41) is 3.25. The summed E-state index contributed by atoms with van der Waals surface area (Å²) in [4.78, 5) is 11.8. The van der Waals surface area contributed by atoms with Crippen LogP contribution in [0.15, 0.2) is 0 Å². The van der Waals surface area contributed by atoms with E-state index in [2.05, 4.69) is 19.2 Å². The molecule has 0 heterocycles. The molecule has 0 saturated carbocycles. The normalized spacial score (nSPS) is 15.8. The number of ether oxygens (including phenoxy) is 1. The molecule has 0 bridgehead atoms. The van der Waals surface area contributed by atoms with Crippen molar-refractivity contribution in [2.45, 2.75) is 58.9 Å². The van der Waals surface area contributed by atoms with Gasteiger partial charge < -0.3 is 10.1 Å². The Balaban J connectivity index is 3.85. The molecule has 0 aliphatic carbocycles. The van der Waals surface area contributed by atoms with Crippen molar-refractivity contribution in [1.29, 1.82) is 0 Å². The summed E-state index contributed by atoms with van der Waals surface area (Å²) in [6.45, 7) is 9.28. The Hall–Kier alpha value is -0.220. The van der Waals surface area contributed by atoms with E-state index in [0.29, 0.717) is 0 Å². The lowest BCUT2D eigenvalue weighted by Gasteiger charge is -2.27. The van der Waals surface area contributed by atoms with Gasteiger partial charge in [0.25, 0.3) is 0 Å².